The number of nitro benzene ring substituents is 1. The molecule has 2 heterocycles. The molecular formula is C12H14N4O3. The molecule has 2 aliphatic heterocycles. The molecule has 1 fully saturated rings. The van der Waals surface area contributed by atoms with Gasteiger partial charge in [-0.3, -0.25) is 20.7 Å². The number of nitro groups is 1. The van der Waals surface area contributed by atoms with E-state index in [1.807, 2.05) is 4.90 Å². The van der Waals surface area contributed by atoms with Gasteiger partial charge in [-0.1, -0.05) is 0 Å². The molecule has 3 rings (SSSR count). The maximum absolute atomic E-state index is 10.8. The first-order chi connectivity index (χ1) is 9.09. The number of benzene rings is 1. The van der Waals surface area contributed by atoms with Gasteiger partial charge in [-0.05, 0) is 25.3 Å². The molecular weight excluding hydrogens is 248 g/mol. The van der Waals surface area contributed by atoms with Crippen molar-refractivity contribution in [2.45, 2.75) is 25.4 Å². The van der Waals surface area contributed by atoms with E-state index in [9.17, 15) is 15.3 Å². The number of hydrogen-bond donors (Lipinski definition) is 2. The average Bonchev–Trinajstić information content (AvgIpc) is 2.44. The molecule has 100 valence electrons. The van der Waals surface area contributed by atoms with Gasteiger partial charge in [0.05, 0.1) is 4.92 Å². The van der Waals surface area contributed by atoms with Crippen LogP contribution in [0.4, 0.5) is 11.4 Å². The Kier molecular flexibility index (Phi) is 2.63. The smallest absolute Gasteiger partial charge is 0.270 e. The van der Waals surface area contributed by atoms with E-state index >= 15 is 0 Å². The van der Waals surface area contributed by atoms with Crippen molar-refractivity contribution in [3.63, 3.8) is 0 Å². The lowest BCUT2D eigenvalue weighted by Crippen LogP contribution is -2.55. The van der Waals surface area contributed by atoms with Crippen LogP contribution >= 0.6 is 0 Å². The highest BCUT2D eigenvalue weighted by Crippen LogP contribution is 2.36. The molecule has 7 nitrogen and oxygen atoms in total. The SMILES string of the molecule is N=C1c2cc([N+](=O)[O-])ccc2N2CCCCC2N1O. The van der Waals surface area contributed by atoms with Crippen LogP contribution < -0.4 is 4.90 Å². The second-order valence-electron chi connectivity index (χ2n) is 4.82. The van der Waals surface area contributed by atoms with E-state index in [2.05, 4.69) is 0 Å². The van der Waals surface area contributed by atoms with Gasteiger partial charge in [0.2, 0.25) is 0 Å². The van der Waals surface area contributed by atoms with Gasteiger partial charge in [-0.2, -0.15) is 0 Å². The number of amidine groups is 1. The summed E-state index contributed by atoms with van der Waals surface area (Å²) in [5, 5.41) is 29.7. The van der Waals surface area contributed by atoms with Crippen LogP contribution in [0.25, 0.3) is 0 Å². The molecule has 0 saturated carbocycles. The summed E-state index contributed by atoms with van der Waals surface area (Å²) >= 11 is 0. The molecule has 0 amide bonds. The fourth-order valence-corrected chi connectivity index (χ4v) is 2.80. The lowest BCUT2D eigenvalue weighted by atomic mass is 9.99. The summed E-state index contributed by atoms with van der Waals surface area (Å²) in [6.07, 6.45) is 2.59. The molecule has 2 aliphatic rings. The van der Waals surface area contributed by atoms with E-state index in [4.69, 9.17) is 5.41 Å². The van der Waals surface area contributed by atoms with E-state index in [0.29, 0.717) is 5.56 Å². The fourth-order valence-electron chi connectivity index (χ4n) is 2.80. The van der Waals surface area contributed by atoms with Crippen LogP contribution in [0, 0.1) is 15.5 Å². The van der Waals surface area contributed by atoms with E-state index in [1.165, 1.54) is 12.1 Å². The lowest BCUT2D eigenvalue weighted by molar-refractivity contribution is -0.384. The molecule has 1 aromatic rings. The third-order valence-corrected chi connectivity index (χ3v) is 3.74. The van der Waals surface area contributed by atoms with Crippen LogP contribution in [0.5, 0.6) is 0 Å². The highest BCUT2D eigenvalue weighted by atomic mass is 16.6. The Bertz CT molecular complexity index is 560. The first kappa shape index (κ1) is 11.9. The number of rotatable bonds is 1. The number of fused-ring (bicyclic) bond motifs is 3. The largest absolute Gasteiger partial charge is 0.349 e. The molecule has 1 aromatic carbocycles. The lowest BCUT2D eigenvalue weighted by Gasteiger charge is -2.46. The Morgan fingerprint density at radius 1 is 1.42 bits per heavy atom. The maximum Gasteiger partial charge on any atom is 0.270 e. The van der Waals surface area contributed by atoms with Gasteiger partial charge in [0.1, 0.15) is 6.17 Å². The number of nitrogens with one attached hydrogen (secondary N) is 1. The summed E-state index contributed by atoms with van der Waals surface area (Å²) in [5.74, 6) is -0.0677. The van der Waals surface area contributed by atoms with Crippen molar-refractivity contribution in [3.8, 4) is 0 Å². The summed E-state index contributed by atoms with van der Waals surface area (Å²) in [6.45, 7) is 0.791. The first-order valence-electron chi connectivity index (χ1n) is 6.21. The molecule has 1 atom stereocenters. The zero-order chi connectivity index (χ0) is 13.6. The number of non-ortho nitro benzene ring substituents is 1. The third-order valence-electron chi connectivity index (χ3n) is 3.74. The first-order valence-corrected chi connectivity index (χ1v) is 6.21. The number of hydroxylamine groups is 2. The number of hydrogen-bond acceptors (Lipinski definition) is 5. The van der Waals surface area contributed by atoms with E-state index < -0.39 is 4.92 Å². The number of anilines is 1. The van der Waals surface area contributed by atoms with Crippen LogP contribution in [-0.2, 0) is 0 Å². The van der Waals surface area contributed by atoms with Crippen LogP contribution in [0.3, 0.4) is 0 Å². The quantitative estimate of drug-likeness (QED) is 0.596. The second-order valence-corrected chi connectivity index (χ2v) is 4.82. The molecule has 1 unspecified atom stereocenters. The van der Waals surface area contributed by atoms with Crippen molar-refractivity contribution < 1.29 is 10.1 Å². The molecule has 0 aromatic heterocycles. The second kappa shape index (κ2) is 4.20. The third kappa shape index (κ3) is 1.74. The average molecular weight is 262 g/mol. The Morgan fingerprint density at radius 2 is 2.21 bits per heavy atom. The summed E-state index contributed by atoms with van der Waals surface area (Å²) in [7, 11) is 0. The monoisotopic (exact) mass is 262 g/mol. The van der Waals surface area contributed by atoms with Crippen molar-refractivity contribution in [1.82, 2.24) is 5.06 Å². The minimum Gasteiger partial charge on any atom is -0.349 e. The predicted molar refractivity (Wildman–Crippen MR) is 68.5 cm³/mol. The van der Waals surface area contributed by atoms with Crippen LogP contribution in [0.2, 0.25) is 0 Å². The van der Waals surface area contributed by atoms with Crippen molar-refractivity contribution >= 4 is 17.2 Å². The molecule has 1 saturated heterocycles. The molecule has 0 aliphatic carbocycles. The van der Waals surface area contributed by atoms with Crippen molar-refractivity contribution in [2.24, 2.45) is 0 Å². The van der Waals surface area contributed by atoms with Crippen molar-refractivity contribution in [2.75, 3.05) is 11.4 Å². The highest BCUT2D eigenvalue weighted by molar-refractivity contribution is 6.03. The van der Waals surface area contributed by atoms with E-state index in [-0.39, 0.29) is 17.7 Å². The summed E-state index contributed by atoms with van der Waals surface area (Å²) < 4.78 is 0. The summed E-state index contributed by atoms with van der Waals surface area (Å²) in [6, 6.07) is 4.48. The van der Waals surface area contributed by atoms with Crippen molar-refractivity contribution in [3.05, 3.63) is 33.9 Å². The van der Waals surface area contributed by atoms with E-state index in [1.54, 1.807) is 6.07 Å². The van der Waals surface area contributed by atoms with Crippen LogP contribution in [-0.4, -0.2) is 33.7 Å². The van der Waals surface area contributed by atoms with Gasteiger partial charge in [0, 0.05) is 29.9 Å². The minimum atomic E-state index is -0.489. The highest BCUT2D eigenvalue weighted by Gasteiger charge is 2.37. The van der Waals surface area contributed by atoms with Crippen molar-refractivity contribution in [1.29, 1.82) is 5.41 Å². The van der Waals surface area contributed by atoms with Gasteiger partial charge in [-0.25, -0.2) is 5.06 Å². The van der Waals surface area contributed by atoms with Gasteiger partial charge in [-0.15, -0.1) is 0 Å². The normalized spacial score (nSPS) is 21.9. The standard InChI is InChI=1S/C12H14N4O3/c13-12-9-7-8(16(18)19)4-5-10(9)14-6-2-1-3-11(14)15(12)17/h4-5,7,11,13,17H,1-3,6H2. The Hall–Kier alpha value is -2.15. The molecule has 0 radical (unpaired) electrons. The molecule has 0 bridgehead atoms. The topological polar surface area (TPSA) is 93.7 Å². The predicted octanol–water partition coefficient (Wildman–Crippen LogP) is 1.94. The van der Waals surface area contributed by atoms with Gasteiger partial charge in [0.25, 0.3) is 5.69 Å². The maximum atomic E-state index is 10.8. The zero-order valence-electron chi connectivity index (χ0n) is 10.2. The van der Waals surface area contributed by atoms with Crippen LogP contribution in [0.1, 0.15) is 24.8 Å². The Morgan fingerprint density at radius 3 is 2.95 bits per heavy atom. The Balaban J connectivity index is 2.11. The zero-order valence-corrected chi connectivity index (χ0v) is 10.2. The molecule has 0 spiro atoms. The number of piperidine rings is 1. The van der Waals surface area contributed by atoms with Gasteiger partial charge in [0.15, 0.2) is 5.84 Å². The summed E-state index contributed by atoms with van der Waals surface area (Å²) in [4.78, 5) is 12.3. The Labute approximate surface area is 109 Å². The minimum absolute atomic E-state index is 0.0626. The van der Waals surface area contributed by atoms with Crippen LogP contribution in [0.15, 0.2) is 18.2 Å². The molecule has 19 heavy (non-hydrogen) atoms. The van der Waals surface area contributed by atoms with Gasteiger partial charge >= 0.3 is 0 Å². The van der Waals surface area contributed by atoms with E-state index in [0.717, 1.165) is 36.6 Å². The van der Waals surface area contributed by atoms with Gasteiger partial charge < -0.3 is 4.90 Å². The summed E-state index contributed by atoms with van der Waals surface area (Å²) in [5.41, 5.74) is 1.15. The molecule has 7 heteroatoms. The fraction of sp³-hybridized carbons (Fsp3) is 0.417. The number of nitrogens with zero attached hydrogens (tertiary/aromatic N) is 3. The molecule has 2 N–H and O–H groups in total.